The van der Waals surface area contributed by atoms with Crippen molar-refractivity contribution in [1.82, 2.24) is 5.32 Å². The van der Waals surface area contributed by atoms with Crippen molar-refractivity contribution >= 4 is 29.0 Å². The number of nitrogens with one attached hydrogen (secondary N) is 2. The van der Waals surface area contributed by atoms with Gasteiger partial charge in [-0.2, -0.15) is 0 Å². The number of ketones is 1. The molecule has 31 heavy (non-hydrogen) atoms. The number of carbonyl (C=O) groups excluding carboxylic acids is 2. The van der Waals surface area contributed by atoms with Gasteiger partial charge in [0.1, 0.15) is 5.82 Å². The van der Waals surface area contributed by atoms with Crippen LogP contribution in [0.3, 0.4) is 0 Å². The third-order valence-corrected chi connectivity index (χ3v) is 6.00. The fourth-order valence-electron chi connectivity index (χ4n) is 4.49. The van der Waals surface area contributed by atoms with Gasteiger partial charge in [-0.1, -0.05) is 37.6 Å². The predicted octanol–water partition coefficient (Wildman–Crippen LogP) is 5.72. The number of dihydropyridines is 1. The summed E-state index contributed by atoms with van der Waals surface area (Å²) in [6, 6.07) is 12.9. The van der Waals surface area contributed by atoms with Crippen LogP contribution in [0.5, 0.6) is 0 Å². The number of halogens is 2. The second kappa shape index (κ2) is 7.97. The van der Waals surface area contributed by atoms with Crippen LogP contribution in [0.4, 0.5) is 10.1 Å². The van der Waals surface area contributed by atoms with Crippen molar-refractivity contribution in [1.29, 1.82) is 0 Å². The first kappa shape index (κ1) is 21.3. The minimum atomic E-state index is -0.529. The maximum atomic E-state index is 13.4. The number of hydrogen-bond donors (Lipinski definition) is 2. The van der Waals surface area contributed by atoms with Gasteiger partial charge in [-0.15, -0.1) is 0 Å². The molecule has 2 N–H and O–H groups in total. The van der Waals surface area contributed by atoms with Gasteiger partial charge in [0.2, 0.25) is 0 Å². The number of amides is 1. The molecular formula is C25H24ClFN2O2. The van der Waals surface area contributed by atoms with E-state index in [1.165, 1.54) is 24.3 Å². The highest BCUT2D eigenvalue weighted by atomic mass is 35.5. The Morgan fingerprint density at radius 1 is 1.16 bits per heavy atom. The standard InChI is InChI=1S/C25H24ClFN2O2/c1-14-21(24(31)29-18-9-7-17(27)8-10-18)22(15-5-4-6-16(26)11-15)23-19(28-14)12-25(2,3)13-20(23)30/h4-11,22,28H,12-13H2,1-3H3,(H,29,31). The molecular weight excluding hydrogens is 415 g/mol. The molecule has 2 aromatic rings. The lowest BCUT2D eigenvalue weighted by molar-refractivity contribution is -0.118. The second-order valence-electron chi connectivity index (χ2n) is 8.95. The lowest BCUT2D eigenvalue weighted by atomic mass is 9.68. The molecule has 4 nitrogen and oxygen atoms in total. The first-order valence-electron chi connectivity index (χ1n) is 10.2. The quantitative estimate of drug-likeness (QED) is 0.644. The average molecular weight is 439 g/mol. The van der Waals surface area contributed by atoms with Gasteiger partial charge >= 0.3 is 0 Å². The van der Waals surface area contributed by atoms with E-state index in [0.29, 0.717) is 34.0 Å². The summed E-state index contributed by atoms with van der Waals surface area (Å²) in [6.07, 6.45) is 1.13. The van der Waals surface area contributed by atoms with Gasteiger partial charge in [0.05, 0.1) is 0 Å². The van der Waals surface area contributed by atoms with Crippen molar-refractivity contribution in [3.05, 3.63) is 87.5 Å². The summed E-state index contributed by atoms with van der Waals surface area (Å²) in [6.45, 7) is 5.98. The van der Waals surface area contributed by atoms with E-state index in [0.717, 1.165) is 17.7 Å². The molecule has 0 radical (unpaired) electrons. The summed E-state index contributed by atoms with van der Waals surface area (Å²) < 4.78 is 13.3. The van der Waals surface area contributed by atoms with Crippen LogP contribution in [0.1, 0.15) is 45.1 Å². The lowest BCUT2D eigenvalue weighted by Crippen LogP contribution is -2.39. The van der Waals surface area contributed by atoms with Gasteiger partial charge in [0.15, 0.2) is 5.78 Å². The Hall–Kier alpha value is -2.92. The van der Waals surface area contributed by atoms with E-state index in [1.807, 2.05) is 19.1 Å². The van der Waals surface area contributed by atoms with Crippen molar-refractivity contribution < 1.29 is 14.0 Å². The number of Topliss-reactive ketones (excluding diaryl/α,β-unsaturated/α-hetero) is 1. The fourth-order valence-corrected chi connectivity index (χ4v) is 4.69. The molecule has 1 amide bonds. The molecule has 1 heterocycles. The summed E-state index contributed by atoms with van der Waals surface area (Å²) in [7, 11) is 0. The Morgan fingerprint density at radius 3 is 2.55 bits per heavy atom. The van der Waals surface area contributed by atoms with Crippen LogP contribution in [0, 0.1) is 11.2 Å². The number of benzene rings is 2. The smallest absolute Gasteiger partial charge is 0.254 e. The third-order valence-electron chi connectivity index (χ3n) is 5.77. The Kier molecular flexibility index (Phi) is 5.48. The Bertz CT molecular complexity index is 1130. The zero-order valence-corrected chi connectivity index (χ0v) is 18.4. The van der Waals surface area contributed by atoms with Crippen molar-refractivity contribution in [2.45, 2.75) is 39.5 Å². The number of rotatable bonds is 3. The molecule has 0 aromatic heterocycles. The Balaban J connectivity index is 1.80. The van der Waals surface area contributed by atoms with Crippen LogP contribution >= 0.6 is 11.6 Å². The molecule has 1 aliphatic carbocycles. The van der Waals surface area contributed by atoms with E-state index >= 15 is 0 Å². The van der Waals surface area contributed by atoms with E-state index in [4.69, 9.17) is 11.6 Å². The van der Waals surface area contributed by atoms with Crippen LogP contribution in [0.2, 0.25) is 5.02 Å². The van der Waals surface area contributed by atoms with Crippen molar-refractivity contribution in [2.24, 2.45) is 5.41 Å². The molecule has 2 aliphatic rings. The molecule has 0 saturated carbocycles. The molecule has 6 heteroatoms. The largest absolute Gasteiger partial charge is 0.362 e. The molecule has 160 valence electrons. The lowest BCUT2D eigenvalue weighted by Gasteiger charge is -2.39. The average Bonchev–Trinajstić information content (AvgIpc) is 2.67. The van der Waals surface area contributed by atoms with Gasteiger partial charge in [-0.25, -0.2) is 4.39 Å². The maximum Gasteiger partial charge on any atom is 0.254 e. The van der Waals surface area contributed by atoms with Crippen molar-refractivity contribution in [3.63, 3.8) is 0 Å². The molecule has 0 saturated heterocycles. The number of anilines is 1. The van der Waals surface area contributed by atoms with Gasteiger partial charge in [-0.05, 0) is 60.7 Å². The van der Waals surface area contributed by atoms with Gasteiger partial charge in [0.25, 0.3) is 5.91 Å². The second-order valence-corrected chi connectivity index (χ2v) is 9.38. The van der Waals surface area contributed by atoms with E-state index in [1.54, 1.807) is 12.1 Å². The molecule has 2 aromatic carbocycles. The zero-order valence-electron chi connectivity index (χ0n) is 17.7. The normalized spacial score (nSPS) is 20.3. The van der Waals surface area contributed by atoms with E-state index < -0.39 is 5.92 Å². The summed E-state index contributed by atoms with van der Waals surface area (Å²) >= 11 is 6.26. The summed E-state index contributed by atoms with van der Waals surface area (Å²) in [5.74, 6) is -1.22. The minimum Gasteiger partial charge on any atom is -0.362 e. The monoisotopic (exact) mass is 438 g/mol. The van der Waals surface area contributed by atoms with Crippen LogP contribution in [-0.4, -0.2) is 11.7 Å². The third kappa shape index (κ3) is 4.28. The zero-order chi connectivity index (χ0) is 22.3. The molecule has 4 rings (SSSR count). The summed E-state index contributed by atoms with van der Waals surface area (Å²) in [5.41, 5.74) is 3.74. The molecule has 1 aliphatic heterocycles. The van der Waals surface area contributed by atoms with Crippen molar-refractivity contribution in [3.8, 4) is 0 Å². The molecule has 0 spiro atoms. The molecule has 0 fully saturated rings. The van der Waals surface area contributed by atoms with Gasteiger partial charge in [-0.3, -0.25) is 9.59 Å². The highest BCUT2D eigenvalue weighted by Gasteiger charge is 2.42. The first-order chi connectivity index (χ1) is 14.6. The fraction of sp³-hybridized carbons (Fsp3) is 0.280. The summed E-state index contributed by atoms with van der Waals surface area (Å²) in [4.78, 5) is 26.6. The van der Waals surface area contributed by atoms with Crippen LogP contribution in [0.25, 0.3) is 0 Å². The summed E-state index contributed by atoms with van der Waals surface area (Å²) in [5, 5.41) is 6.71. The van der Waals surface area contributed by atoms with Crippen LogP contribution < -0.4 is 10.6 Å². The maximum absolute atomic E-state index is 13.4. The van der Waals surface area contributed by atoms with E-state index in [9.17, 15) is 14.0 Å². The number of carbonyl (C=O) groups is 2. The Morgan fingerprint density at radius 2 is 1.87 bits per heavy atom. The predicted molar refractivity (Wildman–Crippen MR) is 120 cm³/mol. The highest BCUT2D eigenvalue weighted by Crippen LogP contribution is 2.47. The Labute approximate surface area is 186 Å². The number of hydrogen-bond acceptors (Lipinski definition) is 3. The van der Waals surface area contributed by atoms with Gasteiger partial charge < -0.3 is 10.6 Å². The van der Waals surface area contributed by atoms with Gasteiger partial charge in [0, 0.05) is 45.6 Å². The van der Waals surface area contributed by atoms with Crippen molar-refractivity contribution in [2.75, 3.05) is 5.32 Å². The molecule has 1 unspecified atom stereocenters. The highest BCUT2D eigenvalue weighted by molar-refractivity contribution is 6.30. The van der Waals surface area contributed by atoms with E-state index in [2.05, 4.69) is 24.5 Å². The number of allylic oxidation sites excluding steroid dienone is 3. The minimum absolute atomic E-state index is 0.0308. The molecule has 0 bridgehead atoms. The van der Waals surface area contributed by atoms with Crippen LogP contribution in [-0.2, 0) is 9.59 Å². The SMILES string of the molecule is CC1=C(C(=O)Nc2ccc(F)cc2)C(c2cccc(Cl)c2)C2=C(CC(C)(C)CC2=O)N1. The topological polar surface area (TPSA) is 58.2 Å². The van der Waals surface area contributed by atoms with E-state index in [-0.39, 0.29) is 22.9 Å². The first-order valence-corrected chi connectivity index (χ1v) is 10.6. The molecule has 1 atom stereocenters. The van der Waals surface area contributed by atoms with Crippen LogP contribution in [0.15, 0.2) is 71.1 Å².